The third kappa shape index (κ3) is 3.79. The average Bonchev–Trinajstić information content (AvgIpc) is 2.13. The van der Waals surface area contributed by atoms with E-state index >= 15 is 0 Å². The maximum atomic E-state index is 13.6. The number of benzene rings is 1. The van der Waals surface area contributed by atoms with Gasteiger partial charge in [0.2, 0.25) is 0 Å². The summed E-state index contributed by atoms with van der Waals surface area (Å²) in [5, 5.41) is 9.89. The van der Waals surface area contributed by atoms with Crippen LogP contribution in [0.15, 0.2) is 12.1 Å². The number of aliphatic hydroxyl groups excluding tert-OH is 1. The standard InChI is InChI=1S/C12H16ClF2NO.ClH/c1-12(2,3)11(17)10(16)9-7(14)4-6(13)5-8(9)15;/h4-5,10-11,17H,16H2,1-3H3;1H/t10-,11-;/m0./s1. The normalized spacial score (nSPS) is 14.9. The van der Waals surface area contributed by atoms with Crippen LogP contribution in [-0.4, -0.2) is 11.2 Å². The first kappa shape index (κ1) is 17.6. The highest BCUT2D eigenvalue weighted by Gasteiger charge is 2.32. The Bertz CT molecular complexity index is 398. The molecule has 0 aromatic heterocycles. The molecule has 18 heavy (non-hydrogen) atoms. The lowest BCUT2D eigenvalue weighted by molar-refractivity contribution is 0.0381. The highest BCUT2D eigenvalue weighted by Crippen LogP contribution is 2.32. The quantitative estimate of drug-likeness (QED) is 0.879. The third-order valence-electron chi connectivity index (χ3n) is 2.60. The molecule has 0 heterocycles. The summed E-state index contributed by atoms with van der Waals surface area (Å²) in [5.41, 5.74) is 4.80. The van der Waals surface area contributed by atoms with Gasteiger partial charge in [0, 0.05) is 10.6 Å². The van der Waals surface area contributed by atoms with E-state index in [9.17, 15) is 13.9 Å². The summed E-state index contributed by atoms with van der Waals surface area (Å²) in [4.78, 5) is 0. The maximum Gasteiger partial charge on any atom is 0.132 e. The summed E-state index contributed by atoms with van der Waals surface area (Å²) in [6.45, 7) is 5.22. The monoisotopic (exact) mass is 299 g/mol. The summed E-state index contributed by atoms with van der Waals surface area (Å²) in [5.74, 6) is -1.68. The minimum absolute atomic E-state index is 0. The van der Waals surface area contributed by atoms with Crippen LogP contribution in [0, 0.1) is 17.0 Å². The van der Waals surface area contributed by atoms with Crippen LogP contribution in [0.2, 0.25) is 5.02 Å². The van der Waals surface area contributed by atoms with Gasteiger partial charge in [0.15, 0.2) is 0 Å². The van der Waals surface area contributed by atoms with Gasteiger partial charge in [-0.3, -0.25) is 0 Å². The van der Waals surface area contributed by atoms with Crippen LogP contribution >= 0.6 is 24.0 Å². The van der Waals surface area contributed by atoms with E-state index in [4.69, 9.17) is 17.3 Å². The van der Waals surface area contributed by atoms with Gasteiger partial charge in [-0.05, 0) is 17.5 Å². The zero-order chi connectivity index (χ0) is 13.4. The molecule has 0 aliphatic heterocycles. The lowest BCUT2D eigenvalue weighted by atomic mass is 9.82. The van der Waals surface area contributed by atoms with Gasteiger partial charge in [0.05, 0.1) is 12.1 Å². The Kier molecular flexibility index (Phi) is 6.01. The number of hydrogen-bond acceptors (Lipinski definition) is 2. The minimum atomic E-state index is -1.13. The second kappa shape index (κ2) is 6.15. The first-order valence-electron chi connectivity index (χ1n) is 5.22. The Balaban J connectivity index is 0.00000289. The Morgan fingerprint density at radius 2 is 1.61 bits per heavy atom. The van der Waals surface area contributed by atoms with Crippen molar-refractivity contribution in [2.24, 2.45) is 11.1 Å². The van der Waals surface area contributed by atoms with Gasteiger partial charge in [-0.1, -0.05) is 32.4 Å². The fourth-order valence-electron chi connectivity index (χ4n) is 1.57. The summed E-state index contributed by atoms with van der Waals surface area (Å²) in [6, 6.07) is 0.831. The minimum Gasteiger partial charge on any atom is -0.391 e. The number of hydrogen-bond donors (Lipinski definition) is 2. The molecule has 0 spiro atoms. The van der Waals surface area contributed by atoms with Gasteiger partial charge in [-0.15, -0.1) is 12.4 Å². The smallest absolute Gasteiger partial charge is 0.132 e. The van der Waals surface area contributed by atoms with E-state index in [1.54, 1.807) is 20.8 Å². The molecule has 0 bridgehead atoms. The third-order valence-corrected chi connectivity index (χ3v) is 2.82. The number of nitrogens with two attached hydrogens (primary N) is 1. The Morgan fingerprint density at radius 1 is 1.22 bits per heavy atom. The van der Waals surface area contributed by atoms with Crippen LogP contribution in [0.4, 0.5) is 8.78 Å². The lowest BCUT2D eigenvalue weighted by Gasteiger charge is -2.31. The van der Waals surface area contributed by atoms with E-state index in [1.165, 1.54) is 0 Å². The van der Waals surface area contributed by atoms with Crippen LogP contribution in [0.5, 0.6) is 0 Å². The zero-order valence-corrected chi connectivity index (χ0v) is 11.9. The fraction of sp³-hybridized carbons (Fsp3) is 0.500. The molecule has 1 aromatic carbocycles. The van der Waals surface area contributed by atoms with Crippen molar-refractivity contribution in [3.05, 3.63) is 34.4 Å². The van der Waals surface area contributed by atoms with Gasteiger partial charge in [-0.2, -0.15) is 0 Å². The highest BCUT2D eigenvalue weighted by molar-refractivity contribution is 6.30. The number of halogens is 4. The summed E-state index contributed by atoms with van der Waals surface area (Å²) in [7, 11) is 0. The van der Waals surface area contributed by atoms with E-state index in [2.05, 4.69) is 0 Å². The van der Waals surface area contributed by atoms with Gasteiger partial charge in [-0.25, -0.2) is 8.78 Å². The molecule has 0 unspecified atom stereocenters. The lowest BCUT2D eigenvalue weighted by Crippen LogP contribution is -2.38. The van der Waals surface area contributed by atoms with Crippen LogP contribution in [0.3, 0.4) is 0 Å². The SMILES string of the molecule is CC(C)(C)[C@@H](O)[C@@H](N)c1c(F)cc(Cl)cc1F.Cl. The van der Waals surface area contributed by atoms with Crippen LogP contribution in [0.25, 0.3) is 0 Å². The largest absolute Gasteiger partial charge is 0.391 e. The highest BCUT2D eigenvalue weighted by atomic mass is 35.5. The van der Waals surface area contributed by atoms with Crippen LogP contribution in [0.1, 0.15) is 32.4 Å². The summed E-state index contributed by atoms with van der Waals surface area (Å²) in [6.07, 6.45) is -1.06. The van der Waals surface area contributed by atoms with E-state index in [0.29, 0.717) is 0 Å². The van der Waals surface area contributed by atoms with Crippen molar-refractivity contribution in [1.82, 2.24) is 0 Å². The van der Waals surface area contributed by atoms with Crippen molar-refractivity contribution in [1.29, 1.82) is 0 Å². The first-order valence-corrected chi connectivity index (χ1v) is 5.60. The molecule has 1 rings (SSSR count). The second-order valence-electron chi connectivity index (χ2n) is 5.12. The molecule has 0 radical (unpaired) electrons. The average molecular weight is 300 g/mol. The zero-order valence-electron chi connectivity index (χ0n) is 10.4. The molecule has 0 amide bonds. The molecule has 104 valence electrons. The van der Waals surface area contributed by atoms with Crippen LogP contribution < -0.4 is 5.73 Å². The van der Waals surface area contributed by atoms with E-state index in [0.717, 1.165) is 12.1 Å². The van der Waals surface area contributed by atoms with Crippen molar-refractivity contribution in [2.45, 2.75) is 32.9 Å². The molecule has 1 aromatic rings. The van der Waals surface area contributed by atoms with Gasteiger partial charge < -0.3 is 10.8 Å². The Hall–Kier alpha value is -0.420. The van der Waals surface area contributed by atoms with Gasteiger partial charge in [0.1, 0.15) is 11.6 Å². The second-order valence-corrected chi connectivity index (χ2v) is 5.56. The van der Waals surface area contributed by atoms with Crippen LogP contribution in [-0.2, 0) is 0 Å². The van der Waals surface area contributed by atoms with Crippen molar-refractivity contribution in [3.63, 3.8) is 0 Å². The molecule has 2 nitrogen and oxygen atoms in total. The van der Waals surface area contributed by atoms with Crippen molar-refractivity contribution in [3.8, 4) is 0 Å². The van der Waals surface area contributed by atoms with Gasteiger partial charge in [0.25, 0.3) is 0 Å². The summed E-state index contributed by atoms with van der Waals surface area (Å²) >= 11 is 5.51. The van der Waals surface area contributed by atoms with Crippen molar-refractivity contribution in [2.75, 3.05) is 0 Å². The van der Waals surface area contributed by atoms with Gasteiger partial charge >= 0.3 is 0 Å². The molecule has 0 aliphatic rings. The molecular weight excluding hydrogens is 283 g/mol. The molecular formula is C12H17Cl2F2NO. The Morgan fingerprint density at radius 3 is 1.94 bits per heavy atom. The molecule has 2 atom stereocenters. The van der Waals surface area contributed by atoms with Crippen molar-refractivity contribution < 1.29 is 13.9 Å². The molecule has 0 saturated heterocycles. The van der Waals surface area contributed by atoms with E-state index < -0.39 is 29.2 Å². The van der Waals surface area contributed by atoms with E-state index in [-0.39, 0.29) is 23.0 Å². The molecule has 0 saturated carbocycles. The number of aliphatic hydroxyl groups is 1. The van der Waals surface area contributed by atoms with Crippen molar-refractivity contribution >= 4 is 24.0 Å². The first-order chi connectivity index (χ1) is 7.64. The Labute approximate surface area is 117 Å². The number of rotatable bonds is 2. The molecule has 3 N–H and O–H groups in total. The van der Waals surface area contributed by atoms with E-state index in [1.807, 2.05) is 0 Å². The fourth-order valence-corrected chi connectivity index (χ4v) is 1.76. The topological polar surface area (TPSA) is 46.2 Å². The molecule has 0 fully saturated rings. The predicted molar refractivity (Wildman–Crippen MR) is 71.0 cm³/mol. The molecule has 6 heteroatoms. The molecule has 0 aliphatic carbocycles. The maximum absolute atomic E-state index is 13.6. The summed E-state index contributed by atoms with van der Waals surface area (Å²) < 4.78 is 27.2. The predicted octanol–water partition coefficient (Wildman–Crippen LogP) is 3.45.